The molecule has 0 spiro atoms. The van der Waals surface area contributed by atoms with Crippen LogP contribution in [0, 0.1) is 0 Å². The van der Waals surface area contributed by atoms with E-state index in [1.165, 1.54) is 31.2 Å². The van der Waals surface area contributed by atoms with Gasteiger partial charge in [-0.25, -0.2) is 0 Å². The highest BCUT2D eigenvalue weighted by Gasteiger charge is 2.36. The maximum atomic E-state index is 5.34. The summed E-state index contributed by atoms with van der Waals surface area (Å²) < 4.78 is 5.34. The minimum atomic E-state index is 0.306. The van der Waals surface area contributed by atoms with E-state index in [4.69, 9.17) is 4.74 Å². The van der Waals surface area contributed by atoms with E-state index < -0.39 is 0 Å². The number of hydrogen-bond acceptors (Lipinski definition) is 2. The molecule has 0 aliphatic heterocycles. The summed E-state index contributed by atoms with van der Waals surface area (Å²) in [4.78, 5) is 0. The highest BCUT2D eigenvalue weighted by molar-refractivity contribution is 5.34. The summed E-state index contributed by atoms with van der Waals surface area (Å²) in [6.45, 7) is 5.75. The van der Waals surface area contributed by atoms with Crippen molar-refractivity contribution in [2.24, 2.45) is 0 Å². The second kappa shape index (κ2) is 5.75. The molecule has 1 N–H and O–H groups in total. The first-order chi connectivity index (χ1) is 8.68. The topological polar surface area (TPSA) is 21.3 Å². The van der Waals surface area contributed by atoms with Crippen molar-refractivity contribution < 1.29 is 4.74 Å². The lowest BCUT2D eigenvalue weighted by Gasteiger charge is -2.25. The van der Waals surface area contributed by atoms with Crippen LogP contribution in [0.5, 0.6) is 5.75 Å². The van der Waals surface area contributed by atoms with Crippen molar-refractivity contribution in [2.45, 2.75) is 51.0 Å². The molecular weight excluding hydrogens is 222 g/mol. The van der Waals surface area contributed by atoms with E-state index in [1.807, 2.05) is 6.07 Å². The molecule has 1 aromatic rings. The Bertz CT molecular complexity index is 390. The summed E-state index contributed by atoms with van der Waals surface area (Å²) >= 11 is 0. The lowest BCUT2D eigenvalue weighted by molar-refractivity contribution is 0.409. The summed E-state index contributed by atoms with van der Waals surface area (Å²) in [7, 11) is 1.74. The Morgan fingerprint density at radius 3 is 3.00 bits per heavy atom. The molecule has 1 aromatic carbocycles. The second-order valence-corrected chi connectivity index (χ2v) is 5.69. The molecule has 1 aliphatic carbocycles. The van der Waals surface area contributed by atoms with E-state index in [0.29, 0.717) is 11.5 Å². The molecule has 2 nitrogen and oxygen atoms in total. The van der Waals surface area contributed by atoms with E-state index in [1.54, 1.807) is 7.11 Å². The van der Waals surface area contributed by atoms with Gasteiger partial charge in [-0.05, 0) is 55.3 Å². The van der Waals surface area contributed by atoms with Crippen LogP contribution in [0.2, 0.25) is 0 Å². The highest BCUT2D eigenvalue weighted by atomic mass is 16.5. The summed E-state index contributed by atoms with van der Waals surface area (Å²) in [6.07, 6.45) is 5.00. The zero-order valence-corrected chi connectivity index (χ0v) is 11.8. The monoisotopic (exact) mass is 247 g/mol. The average Bonchev–Trinajstić information content (AvgIpc) is 2.80. The number of methoxy groups -OCH3 is 1. The van der Waals surface area contributed by atoms with Crippen LogP contribution in [0.25, 0.3) is 0 Å². The van der Waals surface area contributed by atoms with Gasteiger partial charge >= 0.3 is 0 Å². The Morgan fingerprint density at radius 1 is 1.44 bits per heavy atom. The van der Waals surface area contributed by atoms with Crippen molar-refractivity contribution >= 4 is 0 Å². The Hall–Kier alpha value is -1.02. The zero-order chi connectivity index (χ0) is 13.0. The van der Waals surface area contributed by atoms with Crippen LogP contribution in [0.15, 0.2) is 24.3 Å². The predicted octanol–water partition coefficient (Wildman–Crippen LogP) is 3.51. The molecule has 0 amide bonds. The minimum absolute atomic E-state index is 0.306. The van der Waals surface area contributed by atoms with Crippen molar-refractivity contribution in [3.8, 4) is 5.75 Å². The SMILES string of the molecule is CCCNC1CCC(C)(c2cccc(OC)c2)C1. The van der Waals surface area contributed by atoms with Gasteiger partial charge in [-0.2, -0.15) is 0 Å². The maximum Gasteiger partial charge on any atom is 0.119 e. The van der Waals surface area contributed by atoms with Crippen LogP contribution >= 0.6 is 0 Å². The molecule has 0 bridgehead atoms. The Labute approximate surface area is 111 Å². The smallest absolute Gasteiger partial charge is 0.119 e. The van der Waals surface area contributed by atoms with Crippen molar-refractivity contribution in [3.63, 3.8) is 0 Å². The van der Waals surface area contributed by atoms with Gasteiger partial charge in [-0.15, -0.1) is 0 Å². The lowest BCUT2D eigenvalue weighted by Crippen LogP contribution is -2.29. The van der Waals surface area contributed by atoms with Crippen LogP contribution in [0.4, 0.5) is 0 Å². The number of ether oxygens (including phenoxy) is 1. The number of hydrogen-bond donors (Lipinski definition) is 1. The zero-order valence-electron chi connectivity index (χ0n) is 11.8. The molecule has 2 rings (SSSR count). The molecule has 2 atom stereocenters. The first-order valence-electron chi connectivity index (χ1n) is 7.06. The molecule has 0 saturated heterocycles. The molecule has 2 unspecified atom stereocenters. The van der Waals surface area contributed by atoms with Crippen molar-refractivity contribution in [1.82, 2.24) is 5.32 Å². The largest absolute Gasteiger partial charge is 0.497 e. The van der Waals surface area contributed by atoms with Gasteiger partial charge in [0.25, 0.3) is 0 Å². The predicted molar refractivity (Wildman–Crippen MR) is 76.3 cm³/mol. The number of benzene rings is 1. The van der Waals surface area contributed by atoms with Gasteiger partial charge < -0.3 is 10.1 Å². The third kappa shape index (κ3) is 2.86. The van der Waals surface area contributed by atoms with Crippen molar-refractivity contribution in [1.29, 1.82) is 0 Å². The Morgan fingerprint density at radius 2 is 2.28 bits per heavy atom. The summed E-state index contributed by atoms with van der Waals surface area (Å²) in [6, 6.07) is 9.24. The van der Waals surface area contributed by atoms with E-state index in [9.17, 15) is 0 Å². The van der Waals surface area contributed by atoms with E-state index in [-0.39, 0.29) is 0 Å². The molecule has 0 aromatic heterocycles. The van der Waals surface area contributed by atoms with E-state index >= 15 is 0 Å². The lowest BCUT2D eigenvalue weighted by atomic mass is 9.81. The Kier molecular flexibility index (Phi) is 4.28. The van der Waals surface area contributed by atoms with Crippen LogP contribution in [-0.2, 0) is 5.41 Å². The third-order valence-corrected chi connectivity index (χ3v) is 4.19. The summed E-state index contributed by atoms with van der Waals surface area (Å²) in [5.41, 5.74) is 1.72. The molecule has 2 heteroatoms. The van der Waals surface area contributed by atoms with Gasteiger partial charge in [0, 0.05) is 6.04 Å². The fourth-order valence-electron chi connectivity index (χ4n) is 3.02. The summed E-state index contributed by atoms with van der Waals surface area (Å²) in [5, 5.41) is 3.65. The van der Waals surface area contributed by atoms with Crippen LogP contribution < -0.4 is 10.1 Å². The number of nitrogens with one attached hydrogen (secondary N) is 1. The molecule has 1 fully saturated rings. The molecular formula is C16H25NO. The van der Waals surface area contributed by atoms with Gasteiger partial charge in [0.05, 0.1) is 7.11 Å². The Balaban J connectivity index is 2.07. The number of rotatable bonds is 5. The van der Waals surface area contributed by atoms with Gasteiger partial charge in [0.15, 0.2) is 0 Å². The van der Waals surface area contributed by atoms with Gasteiger partial charge in [0.2, 0.25) is 0 Å². The molecule has 1 aliphatic rings. The maximum absolute atomic E-state index is 5.34. The van der Waals surface area contributed by atoms with Crippen molar-refractivity contribution in [3.05, 3.63) is 29.8 Å². The fraction of sp³-hybridized carbons (Fsp3) is 0.625. The first kappa shape index (κ1) is 13.4. The normalized spacial score (nSPS) is 27.4. The van der Waals surface area contributed by atoms with Crippen molar-refractivity contribution in [2.75, 3.05) is 13.7 Å². The van der Waals surface area contributed by atoms with Crippen LogP contribution in [-0.4, -0.2) is 19.7 Å². The minimum Gasteiger partial charge on any atom is -0.497 e. The van der Waals surface area contributed by atoms with E-state index in [2.05, 4.69) is 37.4 Å². The summed E-state index contributed by atoms with van der Waals surface area (Å²) in [5.74, 6) is 0.971. The van der Waals surface area contributed by atoms with Gasteiger partial charge in [-0.3, -0.25) is 0 Å². The molecule has 0 heterocycles. The standard InChI is InChI=1S/C16H25NO/c1-4-10-17-14-8-9-16(2,12-14)13-6-5-7-15(11-13)18-3/h5-7,11,14,17H,4,8-10,12H2,1-3H3. The average molecular weight is 247 g/mol. The van der Waals surface area contributed by atoms with Gasteiger partial charge in [0.1, 0.15) is 5.75 Å². The molecule has 1 saturated carbocycles. The molecule has 18 heavy (non-hydrogen) atoms. The molecule has 100 valence electrons. The van der Waals surface area contributed by atoms with Crippen LogP contribution in [0.3, 0.4) is 0 Å². The first-order valence-corrected chi connectivity index (χ1v) is 7.06. The quantitative estimate of drug-likeness (QED) is 0.859. The van der Waals surface area contributed by atoms with Crippen LogP contribution in [0.1, 0.15) is 45.1 Å². The van der Waals surface area contributed by atoms with Gasteiger partial charge in [-0.1, -0.05) is 26.0 Å². The third-order valence-electron chi connectivity index (χ3n) is 4.19. The molecule has 0 radical (unpaired) electrons. The van der Waals surface area contributed by atoms with E-state index in [0.717, 1.165) is 12.3 Å². The fourth-order valence-corrected chi connectivity index (χ4v) is 3.02. The highest BCUT2D eigenvalue weighted by Crippen LogP contribution is 2.41. The second-order valence-electron chi connectivity index (χ2n) is 5.69.